The van der Waals surface area contributed by atoms with Gasteiger partial charge in [-0.15, -0.1) is 0 Å². The van der Waals surface area contributed by atoms with Crippen LogP contribution >= 0.6 is 0 Å². The number of benzene rings is 1. The number of aliphatic carboxylic acids is 1. The van der Waals surface area contributed by atoms with Gasteiger partial charge in [-0.05, 0) is 18.6 Å². The third-order valence-corrected chi connectivity index (χ3v) is 4.21. The molecule has 2 aliphatic rings. The Bertz CT molecular complexity index is 570. The summed E-state index contributed by atoms with van der Waals surface area (Å²) in [7, 11) is 1.57. The standard InChI is InChI=1S/C14H15NO4/c1-14-7-9(8-5-3-4-6-10(8)19-14)11(13(17)18)12(16)15(14)2/h3-6,9,11H,7H2,1-2H3,(H,17,18)/p-1/t9-,11-,14-/m0/s1. The monoisotopic (exact) mass is 260 g/mol. The van der Waals surface area contributed by atoms with E-state index in [0.29, 0.717) is 12.2 Å². The van der Waals surface area contributed by atoms with E-state index in [9.17, 15) is 14.7 Å². The highest BCUT2D eigenvalue weighted by molar-refractivity contribution is 5.98. The van der Waals surface area contributed by atoms with E-state index in [-0.39, 0.29) is 5.92 Å². The Balaban J connectivity index is 2.17. The van der Waals surface area contributed by atoms with Crippen LogP contribution in [0.2, 0.25) is 0 Å². The molecule has 1 amide bonds. The smallest absolute Gasteiger partial charge is 0.234 e. The lowest BCUT2D eigenvalue weighted by Crippen LogP contribution is -2.63. The molecule has 0 N–H and O–H groups in total. The SMILES string of the molecule is CN1C(=O)[C@@H](C(=O)[O-])[C@H]2C[C@]1(C)Oc1ccccc12. The van der Waals surface area contributed by atoms with Gasteiger partial charge in [0, 0.05) is 19.4 Å². The van der Waals surface area contributed by atoms with Crippen LogP contribution in [-0.4, -0.2) is 29.5 Å². The molecule has 5 heteroatoms. The Morgan fingerprint density at radius 2 is 2.16 bits per heavy atom. The Labute approximate surface area is 110 Å². The first-order valence-corrected chi connectivity index (χ1v) is 6.20. The number of hydrogen-bond donors (Lipinski definition) is 0. The number of piperidine rings is 1. The third kappa shape index (κ3) is 1.54. The Morgan fingerprint density at radius 1 is 1.47 bits per heavy atom. The molecule has 0 aromatic heterocycles. The summed E-state index contributed by atoms with van der Waals surface area (Å²) in [6.07, 6.45) is 0.463. The average Bonchev–Trinajstić information content (AvgIpc) is 2.36. The number of carboxylic acids is 1. The molecule has 19 heavy (non-hydrogen) atoms. The maximum Gasteiger partial charge on any atom is 0.234 e. The highest BCUT2D eigenvalue weighted by Crippen LogP contribution is 2.49. The van der Waals surface area contributed by atoms with E-state index in [1.165, 1.54) is 4.90 Å². The molecule has 0 spiro atoms. The van der Waals surface area contributed by atoms with Crippen molar-refractivity contribution < 1.29 is 19.4 Å². The molecule has 0 unspecified atom stereocenters. The van der Waals surface area contributed by atoms with Crippen molar-refractivity contribution in [2.24, 2.45) is 5.92 Å². The zero-order chi connectivity index (χ0) is 13.8. The Hall–Kier alpha value is -2.04. The molecule has 0 saturated carbocycles. The Kier molecular flexibility index (Phi) is 2.36. The van der Waals surface area contributed by atoms with Crippen molar-refractivity contribution in [2.75, 3.05) is 7.05 Å². The molecule has 2 aliphatic heterocycles. The summed E-state index contributed by atoms with van der Waals surface area (Å²) in [4.78, 5) is 24.9. The summed E-state index contributed by atoms with van der Waals surface area (Å²) < 4.78 is 5.89. The summed E-state index contributed by atoms with van der Waals surface area (Å²) in [5.74, 6) is -2.65. The van der Waals surface area contributed by atoms with Crippen LogP contribution in [0.3, 0.4) is 0 Å². The van der Waals surface area contributed by atoms with Gasteiger partial charge in [-0.2, -0.15) is 0 Å². The fourth-order valence-electron chi connectivity index (χ4n) is 3.06. The van der Waals surface area contributed by atoms with E-state index in [0.717, 1.165) is 5.56 Å². The molecule has 2 heterocycles. The first kappa shape index (κ1) is 12.0. The molecule has 2 bridgehead atoms. The number of amides is 1. The van der Waals surface area contributed by atoms with Gasteiger partial charge in [-0.3, -0.25) is 4.79 Å². The van der Waals surface area contributed by atoms with Crippen LogP contribution < -0.4 is 9.84 Å². The molecule has 100 valence electrons. The van der Waals surface area contributed by atoms with E-state index in [4.69, 9.17) is 4.74 Å². The highest BCUT2D eigenvalue weighted by atomic mass is 16.5. The number of nitrogens with zero attached hydrogens (tertiary/aromatic N) is 1. The second kappa shape index (κ2) is 3.73. The highest BCUT2D eigenvalue weighted by Gasteiger charge is 2.52. The van der Waals surface area contributed by atoms with Crippen LogP contribution in [0.15, 0.2) is 24.3 Å². The van der Waals surface area contributed by atoms with Crippen LogP contribution in [0.25, 0.3) is 0 Å². The number of carboxylic acid groups (broad SMARTS) is 1. The summed E-state index contributed by atoms with van der Waals surface area (Å²) in [5, 5.41) is 11.3. The summed E-state index contributed by atoms with van der Waals surface area (Å²) in [6.45, 7) is 1.80. The molecular weight excluding hydrogens is 246 g/mol. The third-order valence-electron chi connectivity index (χ3n) is 4.21. The van der Waals surface area contributed by atoms with Crippen molar-refractivity contribution in [1.82, 2.24) is 4.90 Å². The van der Waals surface area contributed by atoms with Gasteiger partial charge in [0.05, 0.1) is 11.9 Å². The van der Waals surface area contributed by atoms with Gasteiger partial charge in [0.15, 0.2) is 5.72 Å². The summed E-state index contributed by atoms with van der Waals surface area (Å²) in [6, 6.07) is 7.27. The summed E-state index contributed by atoms with van der Waals surface area (Å²) in [5.41, 5.74) is -0.0159. The van der Waals surface area contributed by atoms with Crippen molar-refractivity contribution in [3.05, 3.63) is 29.8 Å². The molecule has 3 atom stereocenters. The molecule has 1 aromatic carbocycles. The molecule has 1 saturated heterocycles. The lowest BCUT2D eigenvalue weighted by molar-refractivity contribution is -0.313. The quantitative estimate of drug-likeness (QED) is 0.672. The molecule has 5 nitrogen and oxygen atoms in total. The second-order valence-electron chi connectivity index (χ2n) is 5.32. The van der Waals surface area contributed by atoms with E-state index in [2.05, 4.69) is 0 Å². The molecule has 0 radical (unpaired) electrons. The van der Waals surface area contributed by atoms with Crippen molar-refractivity contribution in [3.63, 3.8) is 0 Å². The first-order valence-electron chi connectivity index (χ1n) is 6.20. The van der Waals surface area contributed by atoms with Gasteiger partial charge in [-0.25, -0.2) is 0 Å². The largest absolute Gasteiger partial charge is 0.549 e. The van der Waals surface area contributed by atoms with Crippen molar-refractivity contribution >= 4 is 11.9 Å². The lowest BCUT2D eigenvalue weighted by Gasteiger charge is -2.52. The van der Waals surface area contributed by atoms with Gasteiger partial charge >= 0.3 is 0 Å². The zero-order valence-corrected chi connectivity index (χ0v) is 10.8. The number of hydrogen-bond acceptors (Lipinski definition) is 4. The van der Waals surface area contributed by atoms with E-state index >= 15 is 0 Å². The van der Waals surface area contributed by atoms with E-state index < -0.39 is 23.5 Å². The number of ether oxygens (including phenoxy) is 1. The van der Waals surface area contributed by atoms with Crippen molar-refractivity contribution in [2.45, 2.75) is 25.0 Å². The predicted molar refractivity (Wildman–Crippen MR) is 64.1 cm³/mol. The van der Waals surface area contributed by atoms with Crippen molar-refractivity contribution in [1.29, 1.82) is 0 Å². The number of rotatable bonds is 1. The van der Waals surface area contributed by atoms with Gasteiger partial charge in [-0.1, -0.05) is 18.2 Å². The van der Waals surface area contributed by atoms with Gasteiger partial charge in [0.1, 0.15) is 5.75 Å². The normalized spacial score (nSPS) is 32.5. The molecule has 3 rings (SSSR count). The molecule has 1 fully saturated rings. The minimum absolute atomic E-state index is 0.386. The lowest BCUT2D eigenvalue weighted by atomic mass is 9.74. The Morgan fingerprint density at radius 3 is 2.84 bits per heavy atom. The van der Waals surface area contributed by atoms with E-state index in [1.54, 1.807) is 20.0 Å². The number of carbonyl (C=O) groups excluding carboxylic acids is 2. The minimum atomic E-state index is -1.32. The zero-order valence-electron chi connectivity index (χ0n) is 10.8. The number of para-hydroxylation sites is 1. The van der Waals surface area contributed by atoms with Crippen molar-refractivity contribution in [3.8, 4) is 5.75 Å². The van der Waals surface area contributed by atoms with Crippen LogP contribution in [0.4, 0.5) is 0 Å². The first-order chi connectivity index (χ1) is 8.94. The molecular formula is C14H14NO4-. The van der Waals surface area contributed by atoms with E-state index in [1.807, 2.05) is 18.2 Å². The molecule has 1 aromatic rings. The molecule has 0 aliphatic carbocycles. The van der Waals surface area contributed by atoms with Gasteiger partial charge in [0.25, 0.3) is 0 Å². The second-order valence-corrected chi connectivity index (χ2v) is 5.32. The predicted octanol–water partition coefficient (Wildman–Crippen LogP) is 0.107. The van der Waals surface area contributed by atoms with Crippen LogP contribution in [-0.2, 0) is 9.59 Å². The van der Waals surface area contributed by atoms with Crippen LogP contribution in [0.1, 0.15) is 24.8 Å². The fourth-order valence-corrected chi connectivity index (χ4v) is 3.06. The topological polar surface area (TPSA) is 69.7 Å². The number of fused-ring (bicyclic) bond motifs is 4. The van der Waals surface area contributed by atoms with Gasteiger partial charge in [0.2, 0.25) is 5.91 Å². The maximum absolute atomic E-state index is 12.2. The van der Waals surface area contributed by atoms with Crippen LogP contribution in [0, 0.1) is 5.92 Å². The summed E-state index contributed by atoms with van der Waals surface area (Å²) >= 11 is 0. The number of carbonyl (C=O) groups is 2. The maximum atomic E-state index is 12.2. The van der Waals surface area contributed by atoms with Gasteiger partial charge < -0.3 is 19.5 Å². The number of likely N-dealkylation sites (tertiary alicyclic amines) is 1. The fraction of sp³-hybridized carbons (Fsp3) is 0.429. The minimum Gasteiger partial charge on any atom is -0.549 e. The van der Waals surface area contributed by atoms with Crippen LogP contribution in [0.5, 0.6) is 5.75 Å². The average molecular weight is 260 g/mol.